The molecule has 18 heavy (non-hydrogen) atoms. The number of nitrogens with two attached hydrogens (primary N) is 1. The highest BCUT2D eigenvalue weighted by atomic mass is 19.1. The van der Waals surface area contributed by atoms with Gasteiger partial charge in [-0.25, -0.2) is 8.78 Å². The first-order valence-electron chi connectivity index (χ1n) is 5.73. The molecule has 0 aromatic heterocycles. The Hall–Kier alpha value is -1.49. The Morgan fingerprint density at radius 3 is 2.33 bits per heavy atom. The Morgan fingerprint density at radius 1 is 1.33 bits per heavy atom. The third-order valence-electron chi connectivity index (χ3n) is 2.74. The minimum Gasteiger partial charge on any atom is -0.466 e. The molecule has 0 spiro atoms. The first-order chi connectivity index (χ1) is 8.41. The Balaban J connectivity index is 2.94. The average Bonchev–Trinajstić information content (AvgIpc) is 2.27. The Morgan fingerprint density at radius 2 is 1.89 bits per heavy atom. The molecular formula is C13H17F2NO2. The van der Waals surface area contributed by atoms with E-state index in [1.165, 1.54) is 12.1 Å². The molecule has 1 unspecified atom stereocenters. The van der Waals surface area contributed by atoms with E-state index in [2.05, 4.69) is 0 Å². The minimum absolute atomic E-state index is 0.0456. The minimum atomic E-state index is -0.976. The lowest BCUT2D eigenvalue weighted by molar-refractivity contribution is -0.153. The van der Waals surface area contributed by atoms with Crippen LogP contribution < -0.4 is 5.73 Å². The zero-order chi connectivity index (χ0) is 13.8. The van der Waals surface area contributed by atoms with Crippen LogP contribution in [0, 0.1) is 17.0 Å². The van der Waals surface area contributed by atoms with Gasteiger partial charge in [0, 0.05) is 12.6 Å². The molecule has 0 saturated carbocycles. The van der Waals surface area contributed by atoms with Gasteiger partial charge in [0.1, 0.15) is 11.6 Å². The van der Waals surface area contributed by atoms with Crippen molar-refractivity contribution in [1.29, 1.82) is 0 Å². The fraction of sp³-hybridized carbons (Fsp3) is 0.462. The number of esters is 1. The highest BCUT2D eigenvalue weighted by Gasteiger charge is 2.33. The monoisotopic (exact) mass is 257 g/mol. The third kappa shape index (κ3) is 3.50. The van der Waals surface area contributed by atoms with Gasteiger partial charge in [0.15, 0.2) is 0 Å². The molecule has 1 aromatic carbocycles. The smallest absolute Gasteiger partial charge is 0.313 e. The van der Waals surface area contributed by atoms with Gasteiger partial charge in [-0.05, 0) is 38.0 Å². The van der Waals surface area contributed by atoms with Crippen LogP contribution in [0.1, 0.15) is 19.4 Å². The summed E-state index contributed by atoms with van der Waals surface area (Å²) in [6, 6.07) is 3.17. The van der Waals surface area contributed by atoms with E-state index in [9.17, 15) is 13.6 Å². The topological polar surface area (TPSA) is 52.3 Å². The molecule has 1 atom stereocenters. The lowest BCUT2D eigenvalue weighted by atomic mass is 9.83. The third-order valence-corrected chi connectivity index (χ3v) is 2.74. The maximum absolute atomic E-state index is 13.1. The summed E-state index contributed by atoms with van der Waals surface area (Å²) in [4.78, 5) is 11.8. The SMILES string of the molecule is CCOC(=O)C(C)(CN)Cc1cc(F)cc(F)c1. The van der Waals surface area contributed by atoms with E-state index >= 15 is 0 Å². The molecule has 0 radical (unpaired) electrons. The molecule has 2 N–H and O–H groups in total. The van der Waals surface area contributed by atoms with E-state index in [1.54, 1.807) is 13.8 Å². The number of benzene rings is 1. The first-order valence-corrected chi connectivity index (χ1v) is 5.73. The molecule has 0 aliphatic carbocycles. The molecular weight excluding hydrogens is 240 g/mol. The Kier molecular flexibility index (Phi) is 4.78. The van der Waals surface area contributed by atoms with Gasteiger partial charge in [0.2, 0.25) is 0 Å². The second kappa shape index (κ2) is 5.91. The van der Waals surface area contributed by atoms with Crippen molar-refractivity contribution < 1.29 is 18.3 Å². The van der Waals surface area contributed by atoms with Gasteiger partial charge in [-0.15, -0.1) is 0 Å². The molecule has 100 valence electrons. The summed E-state index contributed by atoms with van der Waals surface area (Å²) in [5.74, 6) is -1.81. The Labute approximate surface area is 105 Å². The van der Waals surface area contributed by atoms with Crippen molar-refractivity contribution in [2.45, 2.75) is 20.3 Å². The van der Waals surface area contributed by atoms with Gasteiger partial charge in [0.25, 0.3) is 0 Å². The maximum Gasteiger partial charge on any atom is 0.313 e. The molecule has 0 aliphatic heterocycles. The molecule has 5 heteroatoms. The molecule has 0 bridgehead atoms. The number of rotatable bonds is 5. The van der Waals surface area contributed by atoms with Crippen LogP contribution >= 0.6 is 0 Å². The number of halogens is 2. The lowest BCUT2D eigenvalue weighted by Crippen LogP contribution is -2.39. The molecule has 1 aromatic rings. The van der Waals surface area contributed by atoms with E-state index in [4.69, 9.17) is 10.5 Å². The van der Waals surface area contributed by atoms with E-state index in [0.717, 1.165) is 6.07 Å². The number of hydrogen-bond donors (Lipinski definition) is 1. The fourth-order valence-corrected chi connectivity index (χ4v) is 1.70. The highest BCUT2D eigenvalue weighted by Crippen LogP contribution is 2.24. The predicted octanol–water partition coefficient (Wildman–Crippen LogP) is 2.04. The zero-order valence-electron chi connectivity index (χ0n) is 10.5. The maximum atomic E-state index is 13.1. The Bertz CT molecular complexity index is 417. The van der Waals surface area contributed by atoms with Crippen LogP contribution in [0.25, 0.3) is 0 Å². The van der Waals surface area contributed by atoms with Crippen LogP contribution in [0.15, 0.2) is 18.2 Å². The largest absolute Gasteiger partial charge is 0.466 e. The van der Waals surface area contributed by atoms with E-state index in [-0.39, 0.29) is 19.6 Å². The number of ether oxygens (including phenoxy) is 1. The van der Waals surface area contributed by atoms with Crippen molar-refractivity contribution in [1.82, 2.24) is 0 Å². The summed E-state index contributed by atoms with van der Waals surface area (Å²) in [6.07, 6.45) is 0.136. The van der Waals surface area contributed by atoms with Crippen molar-refractivity contribution in [3.05, 3.63) is 35.4 Å². The number of carbonyl (C=O) groups is 1. The van der Waals surface area contributed by atoms with E-state index < -0.39 is 23.0 Å². The lowest BCUT2D eigenvalue weighted by Gasteiger charge is -2.25. The molecule has 0 heterocycles. The van der Waals surface area contributed by atoms with Crippen molar-refractivity contribution in [2.75, 3.05) is 13.2 Å². The summed E-state index contributed by atoms with van der Waals surface area (Å²) in [5.41, 5.74) is 4.98. The average molecular weight is 257 g/mol. The molecule has 1 rings (SSSR count). The summed E-state index contributed by atoms with van der Waals surface area (Å²) >= 11 is 0. The van der Waals surface area contributed by atoms with Crippen LogP contribution in [0.2, 0.25) is 0 Å². The molecule has 0 amide bonds. The standard InChI is InChI=1S/C13H17F2NO2/c1-3-18-12(17)13(2,8-16)7-9-4-10(14)6-11(15)5-9/h4-6H,3,7-8,16H2,1-2H3. The normalized spacial score (nSPS) is 14.1. The predicted molar refractivity (Wildman–Crippen MR) is 63.9 cm³/mol. The highest BCUT2D eigenvalue weighted by molar-refractivity contribution is 5.77. The number of hydrogen-bond acceptors (Lipinski definition) is 3. The first kappa shape index (κ1) is 14.6. The van der Waals surface area contributed by atoms with Crippen LogP contribution in [-0.2, 0) is 16.0 Å². The summed E-state index contributed by atoms with van der Waals surface area (Å²) in [6.45, 7) is 3.60. The van der Waals surface area contributed by atoms with Crippen LogP contribution in [-0.4, -0.2) is 19.1 Å². The van der Waals surface area contributed by atoms with E-state index in [1.807, 2.05) is 0 Å². The second-order valence-corrected chi connectivity index (χ2v) is 4.44. The van der Waals surface area contributed by atoms with Crippen LogP contribution in [0.4, 0.5) is 8.78 Å². The molecule has 0 saturated heterocycles. The number of carbonyl (C=O) groups excluding carboxylic acids is 1. The molecule has 3 nitrogen and oxygen atoms in total. The summed E-state index contributed by atoms with van der Waals surface area (Å²) < 4.78 is 31.1. The fourth-order valence-electron chi connectivity index (χ4n) is 1.70. The zero-order valence-corrected chi connectivity index (χ0v) is 10.5. The van der Waals surface area contributed by atoms with Crippen molar-refractivity contribution in [3.63, 3.8) is 0 Å². The molecule has 0 aliphatic rings. The van der Waals surface area contributed by atoms with Crippen LogP contribution in [0.5, 0.6) is 0 Å². The summed E-state index contributed by atoms with van der Waals surface area (Å²) in [7, 11) is 0. The quantitative estimate of drug-likeness (QED) is 0.821. The van der Waals surface area contributed by atoms with Gasteiger partial charge in [-0.2, -0.15) is 0 Å². The van der Waals surface area contributed by atoms with E-state index in [0.29, 0.717) is 5.56 Å². The van der Waals surface area contributed by atoms with Crippen LogP contribution in [0.3, 0.4) is 0 Å². The van der Waals surface area contributed by atoms with Crippen molar-refractivity contribution in [2.24, 2.45) is 11.1 Å². The van der Waals surface area contributed by atoms with Gasteiger partial charge >= 0.3 is 5.97 Å². The van der Waals surface area contributed by atoms with Gasteiger partial charge in [-0.1, -0.05) is 0 Å². The van der Waals surface area contributed by atoms with Gasteiger partial charge in [0.05, 0.1) is 12.0 Å². The van der Waals surface area contributed by atoms with Crippen molar-refractivity contribution >= 4 is 5.97 Å². The van der Waals surface area contributed by atoms with Gasteiger partial charge in [-0.3, -0.25) is 4.79 Å². The van der Waals surface area contributed by atoms with Crippen molar-refractivity contribution in [3.8, 4) is 0 Å². The van der Waals surface area contributed by atoms with Gasteiger partial charge < -0.3 is 10.5 Å². The molecule has 0 fully saturated rings. The summed E-state index contributed by atoms with van der Waals surface area (Å²) in [5, 5.41) is 0. The second-order valence-electron chi connectivity index (χ2n) is 4.44.